The number of likely N-dealkylation sites (N-methyl/N-ethyl adjacent to an activating group) is 1. The summed E-state index contributed by atoms with van der Waals surface area (Å²) in [6.45, 7) is 1.75. The van der Waals surface area contributed by atoms with Crippen LogP contribution in [-0.4, -0.2) is 61.6 Å². The van der Waals surface area contributed by atoms with Crippen molar-refractivity contribution in [3.63, 3.8) is 0 Å². The normalized spacial score (nSPS) is 11.4. The number of hydrogen-bond acceptors (Lipinski definition) is 5. The fourth-order valence-electron chi connectivity index (χ4n) is 3.57. The lowest BCUT2D eigenvalue weighted by molar-refractivity contribution is -0.132. The molecule has 2 heterocycles. The van der Waals surface area contributed by atoms with Crippen molar-refractivity contribution >= 4 is 17.1 Å². The van der Waals surface area contributed by atoms with Crippen molar-refractivity contribution in [3.05, 3.63) is 62.8 Å². The van der Waals surface area contributed by atoms with Gasteiger partial charge in [-0.3, -0.25) is 18.7 Å². The average Bonchev–Trinajstić information content (AvgIpc) is 3.18. The van der Waals surface area contributed by atoms with Crippen LogP contribution in [0.25, 0.3) is 11.2 Å². The van der Waals surface area contributed by atoms with E-state index in [0.717, 1.165) is 4.57 Å². The van der Waals surface area contributed by atoms with Crippen molar-refractivity contribution in [1.29, 1.82) is 0 Å². The largest absolute Gasteiger partial charge is 0.337 e. The molecule has 32 heavy (non-hydrogen) atoms. The first-order valence-electron chi connectivity index (χ1n) is 10.5. The van der Waals surface area contributed by atoms with Crippen LogP contribution in [0, 0.1) is 5.82 Å². The first-order valence-corrected chi connectivity index (χ1v) is 10.5. The average molecular weight is 445 g/mol. The molecular weight excluding hydrogens is 415 g/mol. The molecule has 0 aliphatic heterocycles. The van der Waals surface area contributed by atoms with Gasteiger partial charge in [0.25, 0.3) is 5.56 Å². The Labute approximate surface area is 185 Å². The van der Waals surface area contributed by atoms with Gasteiger partial charge in [0, 0.05) is 52.3 Å². The summed E-state index contributed by atoms with van der Waals surface area (Å²) in [5.41, 5.74) is 0.269. The maximum Gasteiger partial charge on any atom is 0.332 e. The zero-order valence-electron chi connectivity index (χ0n) is 18.9. The predicted octanol–water partition coefficient (Wildman–Crippen LogP) is 0.943. The monoisotopic (exact) mass is 444 g/mol. The van der Waals surface area contributed by atoms with Crippen molar-refractivity contribution in [2.45, 2.75) is 25.9 Å². The van der Waals surface area contributed by atoms with Crippen molar-refractivity contribution < 1.29 is 9.18 Å². The maximum absolute atomic E-state index is 14.1. The zero-order chi connectivity index (χ0) is 23.4. The van der Waals surface area contributed by atoms with Gasteiger partial charge < -0.3 is 14.4 Å². The standard InChI is InChI=1S/C22H29FN6O3/c1-25(2)12-13-28(14-16-8-5-6-9-17(16)23)18(30)10-7-11-29-15-24-20-19(29)21(31)27(4)22(32)26(20)3/h5-6,8-9,15H,7,10-14H2,1-4H3. The van der Waals surface area contributed by atoms with Gasteiger partial charge in [-0.1, -0.05) is 18.2 Å². The van der Waals surface area contributed by atoms with Gasteiger partial charge in [0.1, 0.15) is 5.82 Å². The van der Waals surface area contributed by atoms with E-state index < -0.39 is 11.2 Å². The van der Waals surface area contributed by atoms with E-state index in [1.807, 2.05) is 19.0 Å². The molecule has 1 aromatic carbocycles. The summed E-state index contributed by atoms with van der Waals surface area (Å²) in [7, 11) is 6.83. The summed E-state index contributed by atoms with van der Waals surface area (Å²) < 4.78 is 18.2. The zero-order valence-corrected chi connectivity index (χ0v) is 18.9. The number of halogens is 1. The smallest absolute Gasteiger partial charge is 0.332 e. The second kappa shape index (κ2) is 9.90. The summed E-state index contributed by atoms with van der Waals surface area (Å²) in [6, 6.07) is 6.45. The van der Waals surface area contributed by atoms with E-state index in [1.165, 1.54) is 24.0 Å². The summed E-state index contributed by atoms with van der Waals surface area (Å²) in [5.74, 6) is -0.415. The lowest BCUT2D eigenvalue weighted by atomic mass is 10.2. The summed E-state index contributed by atoms with van der Waals surface area (Å²) in [5, 5.41) is 0. The maximum atomic E-state index is 14.1. The van der Waals surface area contributed by atoms with Crippen LogP contribution in [-0.2, 0) is 32.0 Å². The third-order valence-corrected chi connectivity index (χ3v) is 5.50. The Morgan fingerprint density at radius 3 is 2.50 bits per heavy atom. The molecule has 9 nitrogen and oxygen atoms in total. The van der Waals surface area contributed by atoms with E-state index in [1.54, 1.807) is 34.7 Å². The fraction of sp³-hybridized carbons (Fsp3) is 0.455. The van der Waals surface area contributed by atoms with E-state index in [-0.39, 0.29) is 24.7 Å². The quantitative estimate of drug-likeness (QED) is 0.491. The highest BCUT2D eigenvalue weighted by molar-refractivity contribution is 5.76. The molecule has 0 unspecified atom stereocenters. The van der Waals surface area contributed by atoms with Gasteiger partial charge in [0.2, 0.25) is 5.91 Å². The molecule has 1 amide bonds. The van der Waals surface area contributed by atoms with E-state index in [2.05, 4.69) is 4.98 Å². The van der Waals surface area contributed by atoms with Crippen LogP contribution in [0.3, 0.4) is 0 Å². The van der Waals surface area contributed by atoms with Crippen LogP contribution >= 0.6 is 0 Å². The molecule has 3 rings (SSSR count). The van der Waals surface area contributed by atoms with Gasteiger partial charge in [-0.05, 0) is 26.6 Å². The summed E-state index contributed by atoms with van der Waals surface area (Å²) >= 11 is 0. The number of aryl methyl sites for hydroxylation is 2. The molecule has 0 atom stereocenters. The van der Waals surface area contributed by atoms with Crippen LogP contribution in [0.5, 0.6) is 0 Å². The number of aromatic nitrogens is 4. The van der Waals surface area contributed by atoms with E-state index in [9.17, 15) is 18.8 Å². The van der Waals surface area contributed by atoms with Gasteiger partial charge in [-0.2, -0.15) is 0 Å². The Bertz CT molecular complexity index is 1230. The van der Waals surface area contributed by atoms with Crippen LogP contribution in [0.2, 0.25) is 0 Å². The highest BCUT2D eigenvalue weighted by atomic mass is 19.1. The van der Waals surface area contributed by atoms with Gasteiger partial charge >= 0.3 is 5.69 Å². The third-order valence-electron chi connectivity index (χ3n) is 5.50. The number of amides is 1. The predicted molar refractivity (Wildman–Crippen MR) is 120 cm³/mol. The number of benzene rings is 1. The topological polar surface area (TPSA) is 85.4 Å². The molecule has 0 fully saturated rings. The number of hydrogen-bond donors (Lipinski definition) is 0. The van der Waals surface area contributed by atoms with Gasteiger partial charge in [0.05, 0.1) is 6.33 Å². The van der Waals surface area contributed by atoms with E-state index >= 15 is 0 Å². The number of imidazole rings is 1. The Hall–Kier alpha value is -3.27. The highest BCUT2D eigenvalue weighted by Crippen LogP contribution is 2.13. The summed E-state index contributed by atoms with van der Waals surface area (Å²) in [4.78, 5) is 45.4. The molecule has 0 saturated carbocycles. The minimum absolute atomic E-state index is 0.0835. The lowest BCUT2D eigenvalue weighted by Crippen LogP contribution is -2.37. The number of rotatable bonds is 9. The molecule has 0 saturated heterocycles. The van der Waals surface area contributed by atoms with Crippen LogP contribution in [0.4, 0.5) is 4.39 Å². The van der Waals surface area contributed by atoms with Crippen molar-refractivity contribution in [2.75, 3.05) is 27.2 Å². The Morgan fingerprint density at radius 2 is 1.81 bits per heavy atom. The Morgan fingerprint density at radius 1 is 1.09 bits per heavy atom. The lowest BCUT2D eigenvalue weighted by Gasteiger charge is -2.25. The molecule has 0 aliphatic rings. The molecule has 3 aromatic rings. The molecule has 172 valence electrons. The molecule has 0 N–H and O–H groups in total. The SMILES string of the molecule is CN(C)CCN(Cc1ccccc1F)C(=O)CCCn1cnc2c1c(=O)n(C)c(=O)n2C. The number of carbonyl (C=O) groups is 1. The fourth-order valence-corrected chi connectivity index (χ4v) is 3.57. The first kappa shape index (κ1) is 23.4. The molecular formula is C22H29FN6O3. The van der Waals surface area contributed by atoms with E-state index in [4.69, 9.17) is 0 Å². The third kappa shape index (κ3) is 4.96. The van der Waals surface area contributed by atoms with Gasteiger partial charge in [-0.25, -0.2) is 14.2 Å². The Balaban J connectivity index is 1.72. The van der Waals surface area contributed by atoms with Gasteiger partial charge in [-0.15, -0.1) is 0 Å². The van der Waals surface area contributed by atoms with Crippen LogP contribution in [0.1, 0.15) is 18.4 Å². The number of carbonyl (C=O) groups excluding carboxylic acids is 1. The molecule has 0 bridgehead atoms. The number of fused-ring (bicyclic) bond motifs is 1. The minimum Gasteiger partial charge on any atom is -0.337 e. The molecule has 10 heteroatoms. The van der Waals surface area contributed by atoms with Crippen molar-refractivity contribution in [1.82, 2.24) is 28.5 Å². The summed E-state index contributed by atoms with van der Waals surface area (Å²) in [6.07, 6.45) is 2.23. The second-order valence-corrected chi connectivity index (χ2v) is 8.13. The van der Waals surface area contributed by atoms with Crippen LogP contribution in [0.15, 0.2) is 40.2 Å². The number of nitrogens with zero attached hydrogens (tertiary/aromatic N) is 6. The second-order valence-electron chi connectivity index (χ2n) is 8.13. The minimum atomic E-state index is -0.437. The van der Waals surface area contributed by atoms with Crippen molar-refractivity contribution in [3.8, 4) is 0 Å². The molecule has 0 aliphatic carbocycles. The van der Waals surface area contributed by atoms with E-state index in [0.29, 0.717) is 42.8 Å². The Kier molecular flexibility index (Phi) is 7.24. The highest BCUT2D eigenvalue weighted by Gasteiger charge is 2.17. The van der Waals surface area contributed by atoms with Crippen molar-refractivity contribution in [2.24, 2.45) is 14.1 Å². The first-order chi connectivity index (χ1) is 15.2. The van der Waals surface area contributed by atoms with Gasteiger partial charge in [0.15, 0.2) is 11.2 Å². The molecule has 0 radical (unpaired) electrons. The molecule has 0 spiro atoms. The molecule has 2 aromatic heterocycles. The van der Waals surface area contributed by atoms with Crippen LogP contribution < -0.4 is 11.2 Å².